The molecule has 1 aromatic heterocycles. The predicted molar refractivity (Wildman–Crippen MR) is 74.2 cm³/mol. The van der Waals surface area contributed by atoms with Crippen molar-refractivity contribution >= 4 is 17.2 Å². The van der Waals surface area contributed by atoms with Crippen LogP contribution in [0.15, 0.2) is 12.1 Å². The van der Waals surface area contributed by atoms with E-state index in [1.807, 2.05) is 13.0 Å². The smallest absolute Gasteiger partial charge is 0.261 e. The molecule has 2 atom stereocenters. The summed E-state index contributed by atoms with van der Waals surface area (Å²) in [6, 6.07) is 3.71. The number of amides is 1. The molecule has 2 heterocycles. The zero-order chi connectivity index (χ0) is 13.7. The Bertz CT molecular complexity index is 500. The molecule has 0 saturated carbocycles. The number of carbonyl (C=O) groups excluding carboxylic acids is 1. The van der Waals surface area contributed by atoms with Gasteiger partial charge in [0.25, 0.3) is 5.91 Å². The summed E-state index contributed by atoms with van der Waals surface area (Å²) in [4.78, 5) is 13.5. The van der Waals surface area contributed by atoms with Gasteiger partial charge in [0.1, 0.15) is 0 Å². The van der Waals surface area contributed by atoms with Crippen LogP contribution in [0.2, 0.25) is 0 Å². The topological polar surface area (TPSA) is 58.6 Å². The molecule has 2 N–H and O–H groups in total. The van der Waals surface area contributed by atoms with E-state index < -0.39 is 0 Å². The van der Waals surface area contributed by atoms with E-state index >= 15 is 0 Å². The highest BCUT2D eigenvalue weighted by molar-refractivity contribution is 7.14. The van der Waals surface area contributed by atoms with Crippen LogP contribution in [0.3, 0.4) is 0 Å². The zero-order valence-corrected chi connectivity index (χ0v) is 11.6. The Labute approximate surface area is 116 Å². The Balaban J connectivity index is 1.94. The minimum Gasteiger partial charge on any atom is -0.395 e. The molecule has 2 unspecified atom stereocenters. The predicted octanol–water partition coefficient (Wildman–Crippen LogP) is 1.39. The van der Waals surface area contributed by atoms with Gasteiger partial charge in [0.15, 0.2) is 0 Å². The second kappa shape index (κ2) is 6.71. The lowest BCUT2D eigenvalue weighted by Crippen LogP contribution is -2.38. The maximum atomic E-state index is 12.0. The van der Waals surface area contributed by atoms with Crippen LogP contribution in [0.4, 0.5) is 0 Å². The number of carbonyl (C=O) groups is 1. The largest absolute Gasteiger partial charge is 0.395 e. The normalized spacial score (nSPS) is 21.8. The van der Waals surface area contributed by atoms with Crippen molar-refractivity contribution in [1.82, 2.24) is 5.32 Å². The second-order valence-corrected chi connectivity index (χ2v) is 5.47. The fraction of sp³-hybridized carbons (Fsp3) is 0.500. The Kier molecular flexibility index (Phi) is 4.97. The first-order valence-electron chi connectivity index (χ1n) is 6.32. The van der Waals surface area contributed by atoms with Crippen molar-refractivity contribution in [2.24, 2.45) is 0 Å². The van der Waals surface area contributed by atoms with Gasteiger partial charge in [-0.2, -0.15) is 0 Å². The van der Waals surface area contributed by atoms with E-state index in [4.69, 9.17) is 9.84 Å². The lowest BCUT2D eigenvalue weighted by molar-refractivity contribution is 0.0869. The lowest BCUT2D eigenvalue weighted by atomic mass is 10.1. The molecule has 1 amide bonds. The molecule has 0 spiro atoms. The van der Waals surface area contributed by atoms with Crippen LogP contribution in [0, 0.1) is 11.8 Å². The van der Waals surface area contributed by atoms with Gasteiger partial charge in [0.05, 0.1) is 28.5 Å². The van der Waals surface area contributed by atoms with E-state index in [-0.39, 0.29) is 24.7 Å². The van der Waals surface area contributed by atoms with Crippen LogP contribution in [-0.4, -0.2) is 36.4 Å². The van der Waals surface area contributed by atoms with Gasteiger partial charge >= 0.3 is 0 Å². The molecule has 5 heteroatoms. The van der Waals surface area contributed by atoms with Gasteiger partial charge in [-0.3, -0.25) is 4.79 Å². The van der Waals surface area contributed by atoms with Crippen molar-refractivity contribution in [2.75, 3.05) is 13.2 Å². The molecule has 0 bridgehead atoms. The Hall–Kier alpha value is -1.35. The fourth-order valence-corrected chi connectivity index (χ4v) is 2.68. The first kappa shape index (κ1) is 14.1. The highest BCUT2D eigenvalue weighted by Gasteiger charge is 2.26. The summed E-state index contributed by atoms with van der Waals surface area (Å²) < 4.78 is 5.42. The minimum atomic E-state index is -0.0671. The standard InChI is InChI=1S/C14H17NO3S/c1-10-12(7-9-18-10)15-14(17)13-6-5-11(19-13)4-2-3-8-16/h5-6,10,12,16H,3,7-9H2,1H3,(H,15,17). The van der Waals surface area contributed by atoms with E-state index in [1.165, 1.54) is 11.3 Å². The molecule has 1 saturated heterocycles. The van der Waals surface area contributed by atoms with Gasteiger partial charge in [-0.1, -0.05) is 11.8 Å². The van der Waals surface area contributed by atoms with Crippen molar-refractivity contribution in [2.45, 2.75) is 31.9 Å². The van der Waals surface area contributed by atoms with Crippen LogP contribution in [0.25, 0.3) is 0 Å². The van der Waals surface area contributed by atoms with Gasteiger partial charge in [-0.15, -0.1) is 11.3 Å². The molecule has 0 aliphatic carbocycles. The average molecular weight is 279 g/mol. The van der Waals surface area contributed by atoms with Crippen molar-refractivity contribution in [3.63, 3.8) is 0 Å². The van der Waals surface area contributed by atoms with Gasteiger partial charge in [-0.05, 0) is 25.5 Å². The summed E-state index contributed by atoms with van der Waals surface area (Å²) in [6.45, 7) is 2.73. The Morgan fingerprint density at radius 3 is 3.16 bits per heavy atom. The maximum absolute atomic E-state index is 12.0. The molecule has 4 nitrogen and oxygen atoms in total. The van der Waals surface area contributed by atoms with E-state index in [0.29, 0.717) is 17.9 Å². The average Bonchev–Trinajstić information content (AvgIpc) is 3.00. The number of hydrogen-bond donors (Lipinski definition) is 2. The van der Waals surface area contributed by atoms with E-state index in [2.05, 4.69) is 17.2 Å². The summed E-state index contributed by atoms with van der Waals surface area (Å²) in [7, 11) is 0. The first-order chi connectivity index (χ1) is 9.20. The van der Waals surface area contributed by atoms with E-state index in [0.717, 1.165) is 11.3 Å². The minimum absolute atomic E-state index is 0.0608. The molecule has 102 valence electrons. The monoisotopic (exact) mass is 279 g/mol. The first-order valence-corrected chi connectivity index (χ1v) is 7.14. The summed E-state index contributed by atoms with van der Waals surface area (Å²) in [5.41, 5.74) is 0. The third-order valence-electron chi connectivity index (χ3n) is 2.97. The Morgan fingerprint density at radius 1 is 1.63 bits per heavy atom. The van der Waals surface area contributed by atoms with E-state index in [1.54, 1.807) is 6.07 Å². The number of aliphatic hydroxyl groups is 1. The fourth-order valence-electron chi connectivity index (χ4n) is 1.89. The van der Waals surface area contributed by atoms with Crippen LogP contribution in [-0.2, 0) is 4.74 Å². The number of ether oxygens (including phenoxy) is 1. The highest BCUT2D eigenvalue weighted by atomic mass is 32.1. The molecule has 1 aliphatic heterocycles. The van der Waals surface area contributed by atoms with Gasteiger partial charge in [-0.25, -0.2) is 0 Å². The Morgan fingerprint density at radius 2 is 2.47 bits per heavy atom. The van der Waals surface area contributed by atoms with Crippen LogP contribution in [0.5, 0.6) is 0 Å². The van der Waals surface area contributed by atoms with Crippen LogP contribution >= 0.6 is 11.3 Å². The molecule has 1 aliphatic rings. The van der Waals surface area contributed by atoms with Gasteiger partial charge < -0.3 is 15.2 Å². The van der Waals surface area contributed by atoms with Crippen molar-refractivity contribution in [3.05, 3.63) is 21.9 Å². The van der Waals surface area contributed by atoms with Gasteiger partial charge in [0, 0.05) is 13.0 Å². The van der Waals surface area contributed by atoms with Crippen LogP contribution < -0.4 is 5.32 Å². The molecule has 19 heavy (non-hydrogen) atoms. The highest BCUT2D eigenvalue weighted by Crippen LogP contribution is 2.18. The quantitative estimate of drug-likeness (QED) is 0.822. The summed E-state index contributed by atoms with van der Waals surface area (Å²) in [6.07, 6.45) is 1.39. The van der Waals surface area contributed by atoms with Crippen molar-refractivity contribution in [3.8, 4) is 11.8 Å². The molecular formula is C14H17NO3S. The summed E-state index contributed by atoms with van der Waals surface area (Å²) in [5, 5.41) is 11.6. The summed E-state index contributed by atoms with van der Waals surface area (Å²) in [5.74, 6) is 5.70. The number of nitrogens with one attached hydrogen (secondary N) is 1. The molecule has 1 aromatic rings. The molecule has 1 fully saturated rings. The molecule has 2 rings (SSSR count). The SMILES string of the molecule is CC1OCCC1NC(=O)c1ccc(C#CCCO)s1. The molecular weight excluding hydrogens is 262 g/mol. The number of thiophene rings is 1. The second-order valence-electron chi connectivity index (χ2n) is 4.38. The van der Waals surface area contributed by atoms with Crippen molar-refractivity contribution < 1.29 is 14.6 Å². The molecule has 0 aromatic carbocycles. The summed E-state index contributed by atoms with van der Waals surface area (Å²) >= 11 is 1.37. The van der Waals surface area contributed by atoms with Crippen molar-refractivity contribution in [1.29, 1.82) is 0 Å². The molecule has 0 radical (unpaired) electrons. The lowest BCUT2D eigenvalue weighted by Gasteiger charge is -2.15. The third kappa shape index (κ3) is 3.80. The number of rotatable bonds is 3. The van der Waals surface area contributed by atoms with E-state index in [9.17, 15) is 4.79 Å². The maximum Gasteiger partial charge on any atom is 0.261 e. The number of aliphatic hydroxyl groups excluding tert-OH is 1. The third-order valence-corrected chi connectivity index (χ3v) is 3.97. The van der Waals surface area contributed by atoms with Crippen LogP contribution in [0.1, 0.15) is 34.3 Å². The number of hydrogen-bond acceptors (Lipinski definition) is 4. The van der Waals surface area contributed by atoms with Gasteiger partial charge in [0.2, 0.25) is 0 Å². The zero-order valence-electron chi connectivity index (χ0n) is 10.8.